The van der Waals surface area contributed by atoms with Gasteiger partial charge in [0.1, 0.15) is 5.69 Å². The summed E-state index contributed by atoms with van der Waals surface area (Å²) >= 11 is 0. The zero-order valence-electron chi connectivity index (χ0n) is 19.0. The van der Waals surface area contributed by atoms with Crippen molar-refractivity contribution in [2.75, 3.05) is 31.1 Å². The molecule has 0 saturated carbocycles. The number of piperazine rings is 1. The minimum absolute atomic E-state index is 0.0394. The van der Waals surface area contributed by atoms with Gasteiger partial charge >= 0.3 is 12.1 Å². The molecule has 2 aromatic carbocycles. The third kappa shape index (κ3) is 4.00. The summed E-state index contributed by atoms with van der Waals surface area (Å²) in [5, 5.41) is 11.9. The smallest absolute Gasteiger partial charge is 0.332 e. The van der Waals surface area contributed by atoms with Crippen LogP contribution in [0.4, 0.5) is 24.5 Å². The number of rotatable bonds is 3. The molecule has 1 atom stereocenters. The molecule has 1 aliphatic carbocycles. The molecule has 0 aromatic heterocycles. The zero-order chi connectivity index (χ0) is 25.8. The molecule has 2 aliphatic heterocycles. The Morgan fingerprint density at radius 3 is 2.14 bits per heavy atom. The maximum atomic E-state index is 13.0. The summed E-state index contributed by atoms with van der Waals surface area (Å²) in [4.78, 5) is 52.4. The van der Waals surface area contributed by atoms with Crippen LogP contribution in [0.3, 0.4) is 0 Å². The molecule has 1 unspecified atom stereocenters. The first-order valence-corrected chi connectivity index (χ1v) is 11.4. The second kappa shape index (κ2) is 8.70. The van der Waals surface area contributed by atoms with Crippen LogP contribution in [0.5, 0.6) is 0 Å². The Morgan fingerprint density at radius 1 is 0.972 bits per heavy atom. The van der Waals surface area contributed by atoms with Crippen molar-refractivity contribution in [3.63, 3.8) is 0 Å². The molecule has 3 aliphatic rings. The normalized spacial score (nSPS) is 20.4. The highest BCUT2D eigenvalue weighted by Gasteiger charge is 2.44. The van der Waals surface area contributed by atoms with E-state index in [1.54, 1.807) is 12.1 Å². The van der Waals surface area contributed by atoms with Crippen LogP contribution >= 0.6 is 0 Å². The molecular weight excluding hydrogens is 481 g/mol. The number of alkyl halides is 3. The molecule has 5 rings (SSSR count). The van der Waals surface area contributed by atoms with Gasteiger partial charge in [-0.2, -0.15) is 13.2 Å². The van der Waals surface area contributed by atoms with Gasteiger partial charge in [-0.05, 0) is 48.6 Å². The molecule has 2 heterocycles. The van der Waals surface area contributed by atoms with Crippen molar-refractivity contribution in [3.8, 4) is 0 Å². The number of fused-ring (bicyclic) bond motifs is 2. The van der Waals surface area contributed by atoms with Gasteiger partial charge in [0.2, 0.25) is 0 Å². The van der Waals surface area contributed by atoms with Crippen LogP contribution in [0.15, 0.2) is 36.4 Å². The van der Waals surface area contributed by atoms with Crippen LogP contribution in [-0.2, 0) is 17.6 Å². The highest BCUT2D eigenvalue weighted by Crippen LogP contribution is 2.39. The molecule has 0 N–H and O–H groups in total. The van der Waals surface area contributed by atoms with E-state index in [1.165, 1.54) is 24.3 Å². The van der Waals surface area contributed by atoms with Crippen molar-refractivity contribution in [1.29, 1.82) is 0 Å². The van der Waals surface area contributed by atoms with Crippen molar-refractivity contribution in [2.45, 2.75) is 31.5 Å². The summed E-state index contributed by atoms with van der Waals surface area (Å²) in [5.74, 6) is -3.10. The fourth-order valence-corrected chi connectivity index (χ4v) is 5.28. The van der Waals surface area contributed by atoms with Crippen LogP contribution in [0.1, 0.15) is 38.3 Å². The van der Waals surface area contributed by atoms with Crippen molar-refractivity contribution >= 4 is 29.1 Å². The number of benzene rings is 2. The van der Waals surface area contributed by atoms with Gasteiger partial charge in [0.25, 0.3) is 17.5 Å². The summed E-state index contributed by atoms with van der Waals surface area (Å²) < 4.78 is 38.2. The van der Waals surface area contributed by atoms with Gasteiger partial charge in [-0.1, -0.05) is 12.1 Å². The van der Waals surface area contributed by atoms with E-state index in [0.29, 0.717) is 19.3 Å². The predicted octanol–water partition coefficient (Wildman–Crippen LogP) is 2.96. The van der Waals surface area contributed by atoms with E-state index in [4.69, 9.17) is 0 Å². The first-order valence-electron chi connectivity index (χ1n) is 11.4. The Balaban J connectivity index is 1.39. The van der Waals surface area contributed by atoms with E-state index >= 15 is 0 Å². The van der Waals surface area contributed by atoms with Crippen molar-refractivity contribution in [2.24, 2.45) is 0 Å². The zero-order valence-corrected chi connectivity index (χ0v) is 19.0. The fraction of sp³-hybridized carbons (Fsp3) is 0.375. The summed E-state index contributed by atoms with van der Waals surface area (Å²) in [6.07, 6.45) is -3.30. The van der Waals surface area contributed by atoms with Gasteiger partial charge in [-0.25, -0.2) is 4.90 Å². The lowest BCUT2D eigenvalue weighted by molar-refractivity contribution is -0.384. The molecule has 12 heteroatoms. The number of aryl methyl sites for hydroxylation is 1. The number of nitrogens with zero attached hydrogens (tertiary/aromatic N) is 4. The third-order valence-electron chi connectivity index (χ3n) is 7.09. The lowest BCUT2D eigenvalue weighted by Gasteiger charge is -2.41. The monoisotopic (exact) mass is 502 g/mol. The van der Waals surface area contributed by atoms with Gasteiger partial charge in [-0.15, -0.1) is 0 Å². The number of carbonyl (C=O) groups excluding carboxylic acids is 3. The van der Waals surface area contributed by atoms with Gasteiger partial charge < -0.3 is 4.90 Å². The highest BCUT2D eigenvalue weighted by molar-refractivity contribution is 6.35. The van der Waals surface area contributed by atoms with E-state index in [9.17, 15) is 37.7 Å². The Bertz CT molecular complexity index is 1250. The van der Waals surface area contributed by atoms with Crippen LogP contribution in [-0.4, -0.2) is 70.8 Å². The van der Waals surface area contributed by atoms with Gasteiger partial charge in [0.05, 0.1) is 16.1 Å². The molecule has 0 bridgehead atoms. The summed E-state index contributed by atoms with van der Waals surface area (Å²) in [5.41, 5.74) is 1.42. The Hall–Kier alpha value is -3.80. The SMILES string of the molecule is O=C1c2ccccc2C(=O)N1c1cc2c(cc1[N+](=O)[O-])CCC(N1CCN(C(=O)C(F)(F)F)CC1)C2. The Kier molecular flexibility index (Phi) is 5.78. The highest BCUT2D eigenvalue weighted by atomic mass is 19.4. The largest absolute Gasteiger partial charge is 0.471 e. The summed E-state index contributed by atoms with van der Waals surface area (Å²) in [6.45, 7) is 0.477. The first-order chi connectivity index (χ1) is 17.1. The lowest BCUT2D eigenvalue weighted by atomic mass is 9.86. The van der Waals surface area contributed by atoms with Crippen LogP contribution in [0.25, 0.3) is 0 Å². The molecule has 0 spiro atoms. The summed E-state index contributed by atoms with van der Waals surface area (Å²) in [6, 6.07) is 9.10. The van der Waals surface area contributed by atoms with Crippen LogP contribution < -0.4 is 4.90 Å². The Morgan fingerprint density at radius 2 is 1.58 bits per heavy atom. The second-order valence-electron chi connectivity index (χ2n) is 9.08. The van der Waals surface area contributed by atoms with E-state index in [1.807, 2.05) is 4.90 Å². The molecule has 9 nitrogen and oxygen atoms in total. The number of nitro benzene ring substituents is 1. The quantitative estimate of drug-likeness (QED) is 0.363. The molecule has 36 heavy (non-hydrogen) atoms. The second-order valence-corrected chi connectivity index (χ2v) is 9.08. The number of imide groups is 1. The maximum Gasteiger partial charge on any atom is 0.471 e. The predicted molar refractivity (Wildman–Crippen MR) is 121 cm³/mol. The summed E-state index contributed by atoms with van der Waals surface area (Å²) in [7, 11) is 0. The minimum Gasteiger partial charge on any atom is -0.332 e. The molecule has 2 aromatic rings. The topological polar surface area (TPSA) is 104 Å². The number of carbonyl (C=O) groups is 3. The number of amides is 3. The van der Waals surface area contributed by atoms with Gasteiger partial charge in [-0.3, -0.25) is 29.4 Å². The number of nitro groups is 1. The molecule has 1 fully saturated rings. The molecule has 3 amide bonds. The third-order valence-corrected chi connectivity index (χ3v) is 7.09. The molecule has 0 radical (unpaired) electrons. The average molecular weight is 502 g/mol. The fourth-order valence-electron chi connectivity index (χ4n) is 5.28. The molecular formula is C24H21F3N4O5. The van der Waals surface area contributed by atoms with E-state index in [0.717, 1.165) is 20.9 Å². The van der Waals surface area contributed by atoms with E-state index < -0.39 is 28.8 Å². The molecule has 1 saturated heterocycles. The van der Waals surface area contributed by atoms with Crippen molar-refractivity contribution < 1.29 is 32.5 Å². The average Bonchev–Trinajstić information content (AvgIpc) is 3.11. The van der Waals surface area contributed by atoms with Crippen LogP contribution in [0.2, 0.25) is 0 Å². The number of anilines is 1. The van der Waals surface area contributed by atoms with Crippen molar-refractivity contribution in [3.05, 3.63) is 68.8 Å². The van der Waals surface area contributed by atoms with E-state index in [2.05, 4.69) is 0 Å². The number of hydrogen-bond acceptors (Lipinski definition) is 6. The lowest BCUT2D eigenvalue weighted by Crippen LogP contribution is -2.55. The van der Waals surface area contributed by atoms with Gasteiger partial charge in [0, 0.05) is 38.3 Å². The number of halogens is 3. The standard InChI is InChI=1S/C24H21F3N4O5/c25-24(26,27)23(34)29-9-7-28(8-10-29)16-6-5-14-12-20(31(35)36)19(13-15(14)11-16)30-21(32)17-3-1-2-4-18(17)22(30)33/h1-4,12-13,16H,5-11H2. The first kappa shape index (κ1) is 23.9. The number of hydrogen-bond donors (Lipinski definition) is 0. The van der Waals surface area contributed by atoms with Crippen LogP contribution in [0, 0.1) is 10.1 Å². The van der Waals surface area contributed by atoms with Crippen molar-refractivity contribution in [1.82, 2.24) is 9.80 Å². The van der Waals surface area contributed by atoms with E-state index in [-0.39, 0.29) is 54.7 Å². The molecule has 188 valence electrons. The Labute approximate surface area is 203 Å². The maximum absolute atomic E-state index is 13.0. The minimum atomic E-state index is -4.90. The van der Waals surface area contributed by atoms with Gasteiger partial charge in [0.15, 0.2) is 0 Å².